The van der Waals surface area contributed by atoms with Crippen LogP contribution < -0.4 is 21.7 Å². The van der Waals surface area contributed by atoms with Gasteiger partial charge in [0.1, 0.15) is 6.04 Å². The van der Waals surface area contributed by atoms with Gasteiger partial charge in [0.25, 0.3) is 5.91 Å². The molecule has 1 saturated heterocycles. The number of ether oxygens (including phenoxy) is 1. The highest BCUT2D eigenvalue weighted by atomic mass is 35.5. The van der Waals surface area contributed by atoms with Gasteiger partial charge in [0.15, 0.2) is 6.10 Å². The minimum atomic E-state index is -3.72. The molecule has 0 unspecified atom stereocenters. The number of Topliss-reactive ketones (excluding diaryl/α,β-unsaturated/α-hetero) is 1. The van der Waals surface area contributed by atoms with Gasteiger partial charge in [0.2, 0.25) is 17.6 Å². The number of hydrogen-bond acceptors (Lipinski definition) is 6. The Bertz CT molecular complexity index is 1310. The normalized spacial score (nSPS) is 17.1. The topological polar surface area (TPSA) is 157 Å². The molecular weight excluding hydrogens is 574 g/mol. The predicted molar refractivity (Wildman–Crippen MR) is 149 cm³/mol. The van der Waals surface area contributed by atoms with Crippen LogP contribution in [0.5, 0.6) is 0 Å². The van der Waals surface area contributed by atoms with Crippen LogP contribution in [0.4, 0.5) is 13.6 Å². The first-order valence-electron chi connectivity index (χ1n) is 13.4. The highest BCUT2D eigenvalue weighted by Crippen LogP contribution is 2.43. The number of alkyl carbamates (subject to hydrolysis) is 1. The van der Waals surface area contributed by atoms with Crippen LogP contribution in [0.3, 0.4) is 0 Å². The van der Waals surface area contributed by atoms with E-state index in [4.69, 9.17) is 22.1 Å². The number of nitrogens with two attached hydrogens (primary N) is 1. The molecule has 4 atom stereocenters. The van der Waals surface area contributed by atoms with Gasteiger partial charge in [0.05, 0.1) is 6.04 Å². The molecule has 2 aromatic carbocycles. The van der Waals surface area contributed by atoms with E-state index in [2.05, 4.69) is 16.0 Å². The Labute approximate surface area is 246 Å². The molecule has 1 aliphatic heterocycles. The molecule has 4 amide bonds. The van der Waals surface area contributed by atoms with Gasteiger partial charge in [-0.05, 0) is 42.9 Å². The van der Waals surface area contributed by atoms with E-state index in [9.17, 15) is 24.0 Å². The van der Waals surface area contributed by atoms with Crippen molar-refractivity contribution in [3.63, 3.8) is 0 Å². The second kappa shape index (κ2) is 14.2. The Balaban J connectivity index is 1.83. The van der Waals surface area contributed by atoms with Gasteiger partial charge in [-0.3, -0.25) is 19.2 Å². The summed E-state index contributed by atoms with van der Waals surface area (Å²) in [4.78, 5) is 62.5. The average molecular weight is 607 g/mol. The Hall–Kier alpha value is -4.06. The monoisotopic (exact) mass is 606 g/mol. The minimum absolute atomic E-state index is 0.00977. The molecule has 10 nitrogen and oxygen atoms in total. The lowest BCUT2D eigenvalue weighted by Gasteiger charge is -2.29. The summed E-state index contributed by atoms with van der Waals surface area (Å²) in [6, 6.07) is 9.58. The Morgan fingerprint density at radius 1 is 1.07 bits per heavy atom. The van der Waals surface area contributed by atoms with E-state index >= 15 is 8.78 Å². The maximum Gasteiger partial charge on any atom is 0.408 e. The zero-order valence-corrected chi connectivity index (χ0v) is 23.8. The lowest BCUT2D eigenvalue weighted by atomic mass is 9.94. The average Bonchev–Trinajstić information content (AvgIpc) is 3.34. The first-order valence-corrected chi connectivity index (χ1v) is 13.7. The van der Waals surface area contributed by atoms with E-state index in [0.29, 0.717) is 13.0 Å². The molecule has 0 aliphatic carbocycles. The van der Waals surface area contributed by atoms with Crippen molar-refractivity contribution >= 4 is 41.2 Å². The van der Waals surface area contributed by atoms with E-state index in [1.807, 2.05) is 0 Å². The predicted octanol–water partition coefficient (Wildman–Crippen LogP) is 3.38. The fourth-order valence-corrected chi connectivity index (χ4v) is 4.83. The Morgan fingerprint density at radius 2 is 1.76 bits per heavy atom. The van der Waals surface area contributed by atoms with E-state index in [1.54, 1.807) is 19.9 Å². The van der Waals surface area contributed by atoms with Gasteiger partial charge in [-0.15, -0.1) is 0 Å². The van der Waals surface area contributed by atoms with Crippen LogP contribution in [0.1, 0.15) is 50.3 Å². The van der Waals surface area contributed by atoms with E-state index in [1.165, 1.54) is 36.4 Å². The number of rotatable bonds is 13. The maximum absolute atomic E-state index is 15.8. The summed E-state index contributed by atoms with van der Waals surface area (Å²) < 4.78 is 36.8. The number of nitrogens with one attached hydrogen (secondary N) is 3. The molecule has 0 spiro atoms. The number of carbonyl (C=O) groups is 5. The third-order valence-electron chi connectivity index (χ3n) is 6.74. The number of benzene rings is 2. The minimum Gasteiger partial charge on any atom is -0.434 e. The van der Waals surface area contributed by atoms with Crippen molar-refractivity contribution in [3.05, 3.63) is 70.7 Å². The van der Waals surface area contributed by atoms with Crippen molar-refractivity contribution < 1.29 is 37.5 Å². The number of halogens is 3. The van der Waals surface area contributed by atoms with Crippen molar-refractivity contribution in [2.75, 3.05) is 6.54 Å². The van der Waals surface area contributed by atoms with E-state index < -0.39 is 59.3 Å². The fraction of sp³-hybridized carbons (Fsp3) is 0.414. The number of ketones is 1. The number of alkyl halides is 2. The summed E-state index contributed by atoms with van der Waals surface area (Å²) in [6.07, 6.45) is -3.17. The molecule has 0 bridgehead atoms. The van der Waals surface area contributed by atoms with Crippen LogP contribution >= 0.6 is 11.6 Å². The lowest BCUT2D eigenvalue weighted by Crippen LogP contribution is -2.54. The van der Waals surface area contributed by atoms with Crippen LogP contribution in [-0.4, -0.2) is 48.2 Å². The van der Waals surface area contributed by atoms with Gasteiger partial charge in [-0.1, -0.05) is 67.9 Å². The van der Waals surface area contributed by atoms with Gasteiger partial charge in [0, 0.05) is 23.0 Å². The number of hydrogen-bond donors (Lipinski definition) is 4. The second-order valence-electron chi connectivity index (χ2n) is 10.5. The first-order chi connectivity index (χ1) is 19.8. The second-order valence-corrected chi connectivity index (χ2v) is 10.9. The van der Waals surface area contributed by atoms with Crippen LogP contribution in [0.25, 0.3) is 0 Å². The zero-order chi connectivity index (χ0) is 31.0. The highest BCUT2D eigenvalue weighted by molar-refractivity contribution is 6.38. The van der Waals surface area contributed by atoms with Gasteiger partial charge >= 0.3 is 12.0 Å². The lowest BCUT2D eigenvalue weighted by molar-refractivity contribution is -0.139. The molecule has 0 radical (unpaired) electrons. The van der Waals surface area contributed by atoms with Crippen molar-refractivity contribution in [2.24, 2.45) is 17.6 Å². The number of primary amides is 1. The van der Waals surface area contributed by atoms with E-state index in [0.717, 1.165) is 12.1 Å². The van der Waals surface area contributed by atoms with E-state index in [-0.39, 0.29) is 35.3 Å². The molecule has 13 heteroatoms. The molecule has 0 aromatic heterocycles. The third-order valence-corrected chi connectivity index (χ3v) is 6.98. The smallest absolute Gasteiger partial charge is 0.408 e. The SMILES string of the molecule is CC(C)C[C@H](NC(=O)O[C@H](c1ccccc1)C(F)(F)c1cccc(Cl)c1)C(=O)N[C@@H](C[C@@H]1CCNC1=O)C(=O)C(N)=O. The summed E-state index contributed by atoms with van der Waals surface area (Å²) in [5.74, 6) is -8.17. The fourth-order valence-electron chi connectivity index (χ4n) is 4.64. The Morgan fingerprint density at radius 3 is 2.33 bits per heavy atom. The van der Waals surface area contributed by atoms with Crippen LogP contribution in [0.15, 0.2) is 54.6 Å². The summed E-state index contributed by atoms with van der Waals surface area (Å²) in [5.41, 5.74) is 4.66. The summed E-state index contributed by atoms with van der Waals surface area (Å²) in [6.45, 7) is 3.88. The molecular formula is C29H33ClF2N4O6. The molecule has 1 aliphatic rings. The van der Waals surface area contributed by atoms with Crippen molar-refractivity contribution in [2.45, 2.75) is 57.2 Å². The standard InChI is InChI=1S/C29H33ClF2N4O6/c1-16(2)13-22(27(40)35-21(23(37)25(33)38)14-18-11-12-34-26(18)39)36-28(41)42-24(17-7-4-3-5-8-17)29(31,32)19-9-6-10-20(30)15-19/h3-10,15-16,18,21-22,24H,11-14H2,1-2H3,(H2,33,38)(H,34,39)(H,35,40)(H,36,41)/t18-,21-,22-,24+/m0/s1. The maximum atomic E-state index is 15.8. The van der Waals surface area contributed by atoms with Gasteiger partial charge in [-0.25, -0.2) is 4.79 Å². The van der Waals surface area contributed by atoms with Crippen molar-refractivity contribution in [1.82, 2.24) is 16.0 Å². The van der Waals surface area contributed by atoms with Crippen LogP contribution in [0.2, 0.25) is 5.02 Å². The van der Waals surface area contributed by atoms with Crippen molar-refractivity contribution in [3.8, 4) is 0 Å². The molecule has 1 fully saturated rings. The quantitative estimate of drug-likeness (QED) is 0.256. The first kappa shape index (κ1) is 32.5. The number of amides is 4. The largest absolute Gasteiger partial charge is 0.434 e. The highest BCUT2D eigenvalue weighted by Gasteiger charge is 2.46. The third kappa shape index (κ3) is 8.48. The molecule has 226 valence electrons. The molecule has 1 heterocycles. The molecule has 5 N–H and O–H groups in total. The van der Waals surface area contributed by atoms with Crippen LogP contribution in [-0.2, 0) is 29.8 Å². The van der Waals surface area contributed by atoms with Gasteiger partial charge < -0.3 is 26.4 Å². The molecule has 3 rings (SSSR count). The summed E-state index contributed by atoms with van der Waals surface area (Å²) >= 11 is 5.93. The molecule has 2 aromatic rings. The zero-order valence-electron chi connectivity index (χ0n) is 23.1. The summed E-state index contributed by atoms with van der Waals surface area (Å²) in [7, 11) is 0. The molecule has 0 saturated carbocycles. The van der Waals surface area contributed by atoms with Crippen molar-refractivity contribution in [1.29, 1.82) is 0 Å². The van der Waals surface area contributed by atoms with Gasteiger partial charge in [-0.2, -0.15) is 8.78 Å². The molecule has 42 heavy (non-hydrogen) atoms. The van der Waals surface area contributed by atoms with Crippen LogP contribution in [0, 0.1) is 11.8 Å². The Kier molecular flexibility index (Phi) is 11.0. The number of carbonyl (C=O) groups excluding carboxylic acids is 5. The summed E-state index contributed by atoms with van der Waals surface area (Å²) in [5, 5.41) is 7.39.